The molecular formula is C13H21N3S. The zero-order valence-electron chi connectivity index (χ0n) is 10.6. The Hall–Kier alpha value is -0.510. The topological polar surface area (TPSA) is 30.7 Å². The van der Waals surface area contributed by atoms with Crippen molar-refractivity contribution in [1.82, 2.24) is 14.8 Å². The van der Waals surface area contributed by atoms with E-state index in [9.17, 15) is 0 Å². The maximum Gasteiger partial charge on any atom is 0.133 e. The molecule has 0 N–H and O–H groups in total. The normalized spacial score (nSPS) is 29.0. The number of hydrogen-bond acceptors (Lipinski definition) is 3. The van der Waals surface area contributed by atoms with Crippen molar-refractivity contribution in [2.24, 2.45) is 5.92 Å². The average Bonchev–Trinajstić information content (AvgIpc) is 2.75. The minimum absolute atomic E-state index is 0.611. The summed E-state index contributed by atoms with van der Waals surface area (Å²) in [6.07, 6.45) is 7.59. The Kier molecular flexibility index (Phi) is 3.41. The van der Waals surface area contributed by atoms with E-state index >= 15 is 0 Å². The van der Waals surface area contributed by atoms with Crippen LogP contribution in [0.2, 0.25) is 0 Å². The van der Waals surface area contributed by atoms with Crippen LogP contribution in [-0.4, -0.2) is 26.3 Å². The monoisotopic (exact) mass is 251 g/mol. The molecule has 0 amide bonds. The van der Waals surface area contributed by atoms with Crippen molar-refractivity contribution >= 4 is 11.8 Å². The lowest BCUT2D eigenvalue weighted by Crippen LogP contribution is -2.21. The molecule has 0 saturated carbocycles. The maximum atomic E-state index is 4.45. The Morgan fingerprint density at radius 2 is 2.24 bits per heavy atom. The van der Waals surface area contributed by atoms with Gasteiger partial charge in [-0.1, -0.05) is 0 Å². The van der Waals surface area contributed by atoms with Gasteiger partial charge in [0.2, 0.25) is 0 Å². The molecule has 2 aliphatic heterocycles. The van der Waals surface area contributed by atoms with Gasteiger partial charge in [0.25, 0.3) is 0 Å². The Balaban J connectivity index is 1.76. The van der Waals surface area contributed by atoms with Crippen LogP contribution < -0.4 is 0 Å². The second-order valence-electron chi connectivity index (χ2n) is 5.43. The van der Waals surface area contributed by atoms with Crippen molar-refractivity contribution in [1.29, 1.82) is 0 Å². The molecule has 0 spiro atoms. The van der Waals surface area contributed by atoms with Gasteiger partial charge in [0.1, 0.15) is 11.6 Å². The largest absolute Gasteiger partial charge is 0.312 e. The molecule has 0 radical (unpaired) electrons. The van der Waals surface area contributed by atoms with E-state index in [4.69, 9.17) is 0 Å². The SMILES string of the molecule is CC1CCCc2nnc(CC3CCCSC3)n21. The third-order valence-electron chi connectivity index (χ3n) is 4.03. The van der Waals surface area contributed by atoms with E-state index in [1.807, 2.05) is 0 Å². The third-order valence-corrected chi connectivity index (χ3v) is 5.31. The van der Waals surface area contributed by atoms with Crippen molar-refractivity contribution in [2.75, 3.05) is 11.5 Å². The van der Waals surface area contributed by atoms with E-state index in [0.29, 0.717) is 6.04 Å². The minimum Gasteiger partial charge on any atom is -0.312 e. The number of aryl methyl sites for hydroxylation is 1. The number of rotatable bonds is 2. The van der Waals surface area contributed by atoms with E-state index in [1.165, 1.54) is 48.8 Å². The molecule has 0 aliphatic carbocycles. The zero-order valence-corrected chi connectivity index (χ0v) is 11.4. The highest BCUT2D eigenvalue weighted by Gasteiger charge is 2.24. The smallest absolute Gasteiger partial charge is 0.133 e. The molecule has 2 aliphatic rings. The summed E-state index contributed by atoms with van der Waals surface area (Å²) < 4.78 is 2.42. The summed E-state index contributed by atoms with van der Waals surface area (Å²) in [5.74, 6) is 5.97. The van der Waals surface area contributed by atoms with Crippen LogP contribution in [-0.2, 0) is 12.8 Å². The molecular weight excluding hydrogens is 230 g/mol. The van der Waals surface area contributed by atoms with Crippen LogP contribution in [0.4, 0.5) is 0 Å². The van der Waals surface area contributed by atoms with Crippen LogP contribution in [0.3, 0.4) is 0 Å². The summed E-state index contributed by atoms with van der Waals surface area (Å²) in [6, 6.07) is 0.611. The van der Waals surface area contributed by atoms with Crippen molar-refractivity contribution in [2.45, 2.75) is 51.5 Å². The van der Waals surface area contributed by atoms with Gasteiger partial charge in [0, 0.05) is 18.9 Å². The van der Waals surface area contributed by atoms with Gasteiger partial charge in [-0.25, -0.2) is 0 Å². The maximum absolute atomic E-state index is 4.45. The van der Waals surface area contributed by atoms with Crippen LogP contribution in [0.5, 0.6) is 0 Å². The third kappa shape index (κ3) is 2.37. The van der Waals surface area contributed by atoms with Gasteiger partial charge in [-0.2, -0.15) is 11.8 Å². The van der Waals surface area contributed by atoms with Crippen molar-refractivity contribution in [3.05, 3.63) is 11.6 Å². The quantitative estimate of drug-likeness (QED) is 0.810. The molecule has 2 atom stereocenters. The Morgan fingerprint density at radius 3 is 3.06 bits per heavy atom. The lowest BCUT2D eigenvalue weighted by Gasteiger charge is -2.25. The molecule has 0 bridgehead atoms. The second-order valence-corrected chi connectivity index (χ2v) is 6.58. The first-order valence-electron chi connectivity index (χ1n) is 6.85. The molecule has 2 unspecified atom stereocenters. The fourth-order valence-corrected chi connectivity index (χ4v) is 4.25. The summed E-state index contributed by atoms with van der Waals surface area (Å²) in [6.45, 7) is 2.31. The van der Waals surface area contributed by atoms with Crippen molar-refractivity contribution in [3.8, 4) is 0 Å². The minimum atomic E-state index is 0.611. The standard InChI is InChI=1S/C13H21N3S/c1-10-4-2-6-12-14-15-13(16(10)12)8-11-5-3-7-17-9-11/h10-11H,2-9H2,1H3. The van der Waals surface area contributed by atoms with E-state index in [2.05, 4.69) is 33.5 Å². The lowest BCUT2D eigenvalue weighted by atomic mass is 10.00. The average molecular weight is 251 g/mol. The van der Waals surface area contributed by atoms with E-state index in [-0.39, 0.29) is 0 Å². The summed E-state index contributed by atoms with van der Waals surface area (Å²) in [7, 11) is 0. The predicted molar refractivity (Wildman–Crippen MR) is 71.4 cm³/mol. The zero-order chi connectivity index (χ0) is 11.7. The molecule has 4 heteroatoms. The number of hydrogen-bond donors (Lipinski definition) is 0. The number of nitrogens with zero attached hydrogens (tertiary/aromatic N) is 3. The van der Waals surface area contributed by atoms with Crippen molar-refractivity contribution < 1.29 is 0 Å². The Labute approximate surface area is 107 Å². The first kappa shape index (κ1) is 11.6. The van der Waals surface area contributed by atoms with Crippen LogP contribution >= 0.6 is 11.8 Å². The molecule has 94 valence electrons. The number of aromatic nitrogens is 3. The number of fused-ring (bicyclic) bond motifs is 1. The molecule has 3 nitrogen and oxygen atoms in total. The second kappa shape index (κ2) is 5.01. The summed E-state index contributed by atoms with van der Waals surface area (Å²) >= 11 is 2.11. The predicted octanol–water partition coefficient (Wildman–Crippen LogP) is 2.86. The highest BCUT2D eigenvalue weighted by atomic mass is 32.2. The molecule has 1 saturated heterocycles. The summed E-state index contributed by atoms with van der Waals surface area (Å²) in [4.78, 5) is 0. The molecule has 17 heavy (non-hydrogen) atoms. The molecule has 1 fully saturated rings. The first-order valence-corrected chi connectivity index (χ1v) is 8.00. The highest BCUT2D eigenvalue weighted by Crippen LogP contribution is 2.29. The van der Waals surface area contributed by atoms with Crippen LogP contribution in [0.25, 0.3) is 0 Å². The summed E-state index contributed by atoms with van der Waals surface area (Å²) in [5.41, 5.74) is 0. The molecule has 3 heterocycles. The molecule has 3 rings (SSSR count). The fraction of sp³-hybridized carbons (Fsp3) is 0.846. The van der Waals surface area contributed by atoms with Gasteiger partial charge in [-0.05, 0) is 50.0 Å². The van der Waals surface area contributed by atoms with Crippen LogP contribution in [0.1, 0.15) is 50.3 Å². The van der Waals surface area contributed by atoms with Crippen molar-refractivity contribution in [3.63, 3.8) is 0 Å². The van der Waals surface area contributed by atoms with E-state index < -0.39 is 0 Å². The fourth-order valence-electron chi connectivity index (χ4n) is 3.09. The highest BCUT2D eigenvalue weighted by molar-refractivity contribution is 7.99. The van der Waals surface area contributed by atoms with Crippen LogP contribution in [0.15, 0.2) is 0 Å². The van der Waals surface area contributed by atoms with Gasteiger partial charge in [0.05, 0.1) is 0 Å². The molecule has 0 aromatic carbocycles. The first-order chi connectivity index (χ1) is 8.34. The van der Waals surface area contributed by atoms with Gasteiger partial charge in [-0.3, -0.25) is 0 Å². The summed E-state index contributed by atoms with van der Waals surface area (Å²) in [5, 5.41) is 8.82. The van der Waals surface area contributed by atoms with E-state index in [1.54, 1.807) is 0 Å². The Morgan fingerprint density at radius 1 is 1.29 bits per heavy atom. The van der Waals surface area contributed by atoms with Gasteiger partial charge < -0.3 is 4.57 Å². The van der Waals surface area contributed by atoms with Crippen LogP contribution in [0, 0.1) is 5.92 Å². The Bertz CT molecular complexity index is 382. The lowest BCUT2D eigenvalue weighted by molar-refractivity contribution is 0.400. The van der Waals surface area contributed by atoms with Gasteiger partial charge in [0.15, 0.2) is 0 Å². The number of thioether (sulfide) groups is 1. The van der Waals surface area contributed by atoms with Gasteiger partial charge >= 0.3 is 0 Å². The molecule has 1 aromatic heterocycles. The van der Waals surface area contributed by atoms with E-state index in [0.717, 1.165) is 18.8 Å². The molecule has 1 aromatic rings. The van der Waals surface area contributed by atoms with Gasteiger partial charge in [-0.15, -0.1) is 10.2 Å².